The van der Waals surface area contributed by atoms with Crippen molar-refractivity contribution in [3.8, 4) is 5.69 Å². The van der Waals surface area contributed by atoms with Gasteiger partial charge in [-0.15, -0.1) is 0 Å². The summed E-state index contributed by atoms with van der Waals surface area (Å²) in [4.78, 5) is 32.6. The number of fused-ring (bicyclic) bond motifs is 1. The van der Waals surface area contributed by atoms with Crippen molar-refractivity contribution in [3.05, 3.63) is 93.4 Å². The van der Waals surface area contributed by atoms with Crippen LogP contribution >= 0.6 is 11.6 Å². The van der Waals surface area contributed by atoms with E-state index in [0.29, 0.717) is 27.4 Å². The van der Waals surface area contributed by atoms with Crippen molar-refractivity contribution in [1.82, 2.24) is 14.5 Å². The van der Waals surface area contributed by atoms with E-state index < -0.39 is 6.04 Å². The summed E-state index contributed by atoms with van der Waals surface area (Å²) in [6.07, 6.45) is 1.45. The van der Waals surface area contributed by atoms with Crippen LogP contribution in [0.5, 0.6) is 0 Å². The molecule has 1 amide bonds. The molecule has 4 aromatic rings. The Morgan fingerprint density at radius 3 is 2.63 bits per heavy atom. The highest BCUT2D eigenvalue weighted by molar-refractivity contribution is 6.31. The molecule has 2 aromatic heterocycles. The quantitative estimate of drug-likeness (QED) is 0.475. The lowest BCUT2D eigenvalue weighted by atomic mass is 10.1. The van der Waals surface area contributed by atoms with Crippen LogP contribution in [0.1, 0.15) is 34.9 Å². The van der Waals surface area contributed by atoms with E-state index in [-0.39, 0.29) is 17.2 Å². The first kappa shape index (κ1) is 19.9. The molecular formula is C23H20ClN3O3. The topological polar surface area (TPSA) is 68.3 Å². The van der Waals surface area contributed by atoms with Gasteiger partial charge in [-0.1, -0.05) is 29.8 Å². The van der Waals surface area contributed by atoms with Crippen molar-refractivity contribution in [2.24, 2.45) is 0 Å². The third kappa shape index (κ3) is 3.29. The number of furan rings is 1. The molecule has 0 aliphatic heterocycles. The van der Waals surface area contributed by atoms with Crippen LogP contribution in [0.15, 0.2) is 70.1 Å². The van der Waals surface area contributed by atoms with Gasteiger partial charge in [-0.25, -0.2) is 4.98 Å². The van der Waals surface area contributed by atoms with E-state index in [1.54, 1.807) is 54.1 Å². The zero-order valence-corrected chi connectivity index (χ0v) is 17.6. The molecule has 7 heteroatoms. The fourth-order valence-electron chi connectivity index (χ4n) is 3.42. The molecule has 6 nitrogen and oxygen atoms in total. The number of nitrogens with zero attached hydrogens (tertiary/aromatic N) is 3. The highest BCUT2D eigenvalue weighted by Crippen LogP contribution is 2.27. The third-order valence-electron chi connectivity index (χ3n) is 5.29. The fourth-order valence-corrected chi connectivity index (χ4v) is 3.59. The molecular weight excluding hydrogens is 402 g/mol. The molecule has 0 spiro atoms. The van der Waals surface area contributed by atoms with Crippen molar-refractivity contribution in [2.75, 3.05) is 7.05 Å². The Kier molecular flexibility index (Phi) is 5.18. The first-order chi connectivity index (χ1) is 14.4. The summed E-state index contributed by atoms with van der Waals surface area (Å²) < 4.78 is 6.79. The van der Waals surface area contributed by atoms with Gasteiger partial charge in [-0.2, -0.15) is 0 Å². The van der Waals surface area contributed by atoms with Crippen LogP contribution < -0.4 is 5.56 Å². The Balaban J connectivity index is 1.95. The lowest BCUT2D eigenvalue weighted by Crippen LogP contribution is -2.35. The number of carbonyl (C=O) groups excluding carboxylic acids is 1. The summed E-state index contributed by atoms with van der Waals surface area (Å²) in [7, 11) is 1.66. The zero-order chi connectivity index (χ0) is 21.4. The summed E-state index contributed by atoms with van der Waals surface area (Å²) >= 11 is 6.33. The van der Waals surface area contributed by atoms with Gasteiger partial charge in [0.15, 0.2) is 5.76 Å². The normalized spacial score (nSPS) is 12.1. The predicted molar refractivity (Wildman–Crippen MR) is 116 cm³/mol. The van der Waals surface area contributed by atoms with Crippen molar-refractivity contribution >= 4 is 28.4 Å². The maximum absolute atomic E-state index is 13.5. The summed E-state index contributed by atoms with van der Waals surface area (Å²) in [5, 5.41) is 1.04. The number of hydrogen-bond donors (Lipinski definition) is 0. The molecule has 0 radical (unpaired) electrons. The van der Waals surface area contributed by atoms with E-state index in [4.69, 9.17) is 21.0 Å². The highest BCUT2D eigenvalue weighted by atomic mass is 35.5. The monoisotopic (exact) mass is 421 g/mol. The molecule has 0 fully saturated rings. The van der Waals surface area contributed by atoms with E-state index in [2.05, 4.69) is 0 Å². The van der Waals surface area contributed by atoms with Crippen LogP contribution in [0.4, 0.5) is 0 Å². The number of aromatic nitrogens is 2. The molecule has 1 atom stereocenters. The minimum Gasteiger partial charge on any atom is -0.459 e. The van der Waals surface area contributed by atoms with E-state index in [1.807, 2.05) is 26.0 Å². The first-order valence-electron chi connectivity index (χ1n) is 9.48. The van der Waals surface area contributed by atoms with E-state index in [0.717, 1.165) is 5.56 Å². The average Bonchev–Trinajstić information content (AvgIpc) is 3.29. The van der Waals surface area contributed by atoms with Gasteiger partial charge in [-0.3, -0.25) is 14.2 Å². The lowest BCUT2D eigenvalue weighted by molar-refractivity contribution is 0.0702. The van der Waals surface area contributed by atoms with Crippen molar-refractivity contribution < 1.29 is 9.21 Å². The number of carbonyl (C=O) groups is 1. The second-order valence-electron chi connectivity index (χ2n) is 7.08. The van der Waals surface area contributed by atoms with Crippen LogP contribution in [-0.2, 0) is 0 Å². The summed E-state index contributed by atoms with van der Waals surface area (Å²) in [5.74, 6) is 0.355. The maximum atomic E-state index is 13.5. The van der Waals surface area contributed by atoms with Gasteiger partial charge in [0.25, 0.3) is 11.5 Å². The van der Waals surface area contributed by atoms with Gasteiger partial charge in [0, 0.05) is 12.1 Å². The van der Waals surface area contributed by atoms with Crippen molar-refractivity contribution in [1.29, 1.82) is 0 Å². The Morgan fingerprint density at radius 2 is 1.90 bits per heavy atom. The Labute approximate surface area is 178 Å². The molecule has 152 valence electrons. The van der Waals surface area contributed by atoms with Crippen LogP contribution in [0.25, 0.3) is 16.6 Å². The second-order valence-corrected chi connectivity index (χ2v) is 7.49. The number of hydrogen-bond acceptors (Lipinski definition) is 4. The lowest BCUT2D eigenvalue weighted by Gasteiger charge is -2.27. The van der Waals surface area contributed by atoms with Gasteiger partial charge in [0.2, 0.25) is 0 Å². The smallest absolute Gasteiger partial charge is 0.289 e. The molecule has 0 bridgehead atoms. The standard InChI is InChI=1S/C23H20ClN3O3/c1-14-17(24)9-6-11-19(14)27-21(25-18-10-5-4-8-16(18)22(27)28)15(2)26(3)23(29)20-12-7-13-30-20/h4-13,15H,1-3H3. The summed E-state index contributed by atoms with van der Waals surface area (Å²) in [6.45, 7) is 3.68. The predicted octanol–water partition coefficient (Wildman–Crippen LogP) is 4.77. The molecule has 0 aliphatic rings. The van der Waals surface area contributed by atoms with Crippen LogP contribution in [0.2, 0.25) is 5.02 Å². The Bertz CT molecular complexity index is 1300. The molecule has 4 rings (SSSR count). The second kappa shape index (κ2) is 7.80. The SMILES string of the molecule is Cc1c(Cl)cccc1-n1c(C(C)N(C)C(=O)c2ccco2)nc2ccccc2c1=O. The summed E-state index contributed by atoms with van der Waals surface area (Å²) in [6, 6.07) is 15.3. The van der Waals surface area contributed by atoms with Gasteiger partial charge >= 0.3 is 0 Å². The molecule has 0 saturated heterocycles. The summed E-state index contributed by atoms with van der Waals surface area (Å²) in [5.41, 5.74) is 1.74. The average molecular weight is 422 g/mol. The number of halogens is 1. The fraction of sp³-hybridized carbons (Fsp3) is 0.174. The maximum Gasteiger partial charge on any atom is 0.289 e. The van der Waals surface area contributed by atoms with E-state index in [1.165, 1.54) is 11.2 Å². The highest BCUT2D eigenvalue weighted by Gasteiger charge is 2.26. The van der Waals surface area contributed by atoms with Gasteiger partial charge in [0.1, 0.15) is 5.82 Å². The third-order valence-corrected chi connectivity index (χ3v) is 5.70. The molecule has 0 aliphatic carbocycles. The van der Waals surface area contributed by atoms with E-state index in [9.17, 15) is 9.59 Å². The Morgan fingerprint density at radius 1 is 1.13 bits per heavy atom. The van der Waals surface area contributed by atoms with Gasteiger partial charge in [-0.05, 0) is 55.8 Å². The van der Waals surface area contributed by atoms with Crippen LogP contribution in [-0.4, -0.2) is 27.4 Å². The number of amides is 1. The number of benzene rings is 2. The van der Waals surface area contributed by atoms with Crippen LogP contribution in [0, 0.1) is 6.92 Å². The van der Waals surface area contributed by atoms with E-state index >= 15 is 0 Å². The first-order valence-corrected chi connectivity index (χ1v) is 9.85. The van der Waals surface area contributed by atoms with Crippen LogP contribution in [0.3, 0.4) is 0 Å². The van der Waals surface area contributed by atoms with Crippen molar-refractivity contribution in [3.63, 3.8) is 0 Å². The number of rotatable bonds is 4. The van der Waals surface area contributed by atoms with Gasteiger partial charge in [0.05, 0.1) is 28.9 Å². The largest absolute Gasteiger partial charge is 0.459 e. The zero-order valence-electron chi connectivity index (χ0n) is 16.8. The minimum atomic E-state index is -0.515. The molecule has 0 saturated carbocycles. The minimum absolute atomic E-state index is 0.216. The molecule has 0 N–H and O–H groups in total. The number of para-hydroxylation sites is 1. The molecule has 2 heterocycles. The molecule has 30 heavy (non-hydrogen) atoms. The molecule has 1 unspecified atom stereocenters. The van der Waals surface area contributed by atoms with Gasteiger partial charge < -0.3 is 9.32 Å². The van der Waals surface area contributed by atoms with Crippen molar-refractivity contribution in [2.45, 2.75) is 19.9 Å². The Hall–Kier alpha value is -3.38. The molecule has 2 aromatic carbocycles.